The van der Waals surface area contributed by atoms with Crippen LogP contribution in [0.1, 0.15) is 49.1 Å². The first kappa shape index (κ1) is 24.9. The van der Waals surface area contributed by atoms with E-state index < -0.39 is 11.6 Å². The van der Waals surface area contributed by atoms with E-state index in [0.29, 0.717) is 36.5 Å². The summed E-state index contributed by atoms with van der Waals surface area (Å²) in [6, 6.07) is 15.4. The molecular formula is C30H31F3O2. The molecule has 1 fully saturated rings. The highest BCUT2D eigenvalue weighted by Gasteiger charge is 2.26. The molecule has 5 heteroatoms. The van der Waals surface area contributed by atoms with Crippen molar-refractivity contribution >= 4 is 0 Å². The first-order valence-electron chi connectivity index (χ1n) is 12.2. The Labute approximate surface area is 205 Å². The van der Waals surface area contributed by atoms with Gasteiger partial charge in [-0.1, -0.05) is 42.0 Å². The number of rotatable bonds is 9. The molecule has 0 aromatic heterocycles. The number of benzene rings is 3. The van der Waals surface area contributed by atoms with Crippen LogP contribution in [0.4, 0.5) is 13.2 Å². The summed E-state index contributed by atoms with van der Waals surface area (Å²) in [5, 5.41) is 0. The molecule has 0 aliphatic heterocycles. The van der Waals surface area contributed by atoms with Crippen molar-refractivity contribution in [2.24, 2.45) is 5.92 Å². The van der Waals surface area contributed by atoms with E-state index in [1.165, 1.54) is 12.1 Å². The maximum Gasteiger partial charge on any atom is 0.201 e. The van der Waals surface area contributed by atoms with Crippen LogP contribution in [0.2, 0.25) is 0 Å². The van der Waals surface area contributed by atoms with Gasteiger partial charge in [-0.05, 0) is 80.2 Å². The largest absolute Gasteiger partial charge is 0.493 e. The SMILES string of the molecule is C=CCCOc1ccc(C2CCC(COc3ccc(-c4ccc(C)cc4)c(F)c3F)CC2)c(F)c1. The lowest BCUT2D eigenvalue weighted by Gasteiger charge is -2.29. The molecule has 0 saturated heterocycles. The molecule has 0 atom stereocenters. The topological polar surface area (TPSA) is 18.5 Å². The van der Waals surface area contributed by atoms with Gasteiger partial charge in [-0.15, -0.1) is 6.58 Å². The highest BCUT2D eigenvalue weighted by Crippen LogP contribution is 2.38. The second-order valence-corrected chi connectivity index (χ2v) is 9.24. The summed E-state index contributed by atoms with van der Waals surface area (Å²) in [4.78, 5) is 0. The van der Waals surface area contributed by atoms with Gasteiger partial charge in [0.2, 0.25) is 5.82 Å². The van der Waals surface area contributed by atoms with Crippen LogP contribution in [-0.2, 0) is 0 Å². The van der Waals surface area contributed by atoms with E-state index in [2.05, 4.69) is 6.58 Å². The molecule has 3 aromatic rings. The first-order valence-corrected chi connectivity index (χ1v) is 12.2. The Balaban J connectivity index is 1.31. The number of aryl methyl sites for hydroxylation is 1. The Kier molecular flexibility index (Phi) is 8.17. The van der Waals surface area contributed by atoms with Crippen LogP contribution in [0.15, 0.2) is 67.3 Å². The molecule has 3 aromatic carbocycles. The van der Waals surface area contributed by atoms with Crippen LogP contribution in [-0.4, -0.2) is 13.2 Å². The Bertz CT molecular complexity index is 1150. The van der Waals surface area contributed by atoms with Gasteiger partial charge in [-0.2, -0.15) is 4.39 Å². The minimum Gasteiger partial charge on any atom is -0.493 e. The standard InChI is InChI=1S/C30H31F3O2/c1-3-4-17-34-24-13-14-25(27(31)18-24)22-11-7-21(8-12-22)19-35-28-16-15-26(29(32)30(28)33)23-9-5-20(2)6-10-23/h3,5-6,9-10,13-16,18,21-22H,1,4,7-8,11-12,17,19H2,2H3. The fourth-order valence-corrected chi connectivity index (χ4v) is 4.64. The second kappa shape index (κ2) is 11.5. The van der Waals surface area contributed by atoms with Gasteiger partial charge in [0.1, 0.15) is 11.6 Å². The van der Waals surface area contributed by atoms with Crippen LogP contribution in [0.25, 0.3) is 11.1 Å². The molecule has 35 heavy (non-hydrogen) atoms. The van der Waals surface area contributed by atoms with E-state index in [1.807, 2.05) is 31.2 Å². The Morgan fingerprint density at radius 3 is 2.31 bits per heavy atom. The summed E-state index contributed by atoms with van der Waals surface area (Å²) in [5.74, 6) is -1.30. The van der Waals surface area contributed by atoms with Crippen molar-refractivity contribution in [3.8, 4) is 22.6 Å². The van der Waals surface area contributed by atoms with Crippen molar-refractivity contribution < 1.29 is 22.6 Å². The normalized spacial score (nSPS) is 17.7. The average Bonchev–Trinajstić information content (AvgIpc) is 2.86. The molecular weight excluding hydrogens is 449 g/mol. The molecule has 0 heterocycles. The number of halogens is 3. The van der Waals surface area contributed by atoms with Gasteiger partial charge < -0.3 is 9.47 Å². The smallest absolute Gasteiger partial charge is 0.201 e. The van der Waals surface area contributed by atoms with Crippen molar-refractivity contribution in [1.82, 2.24) is 0 Å². The van der Waals surface area contributed by atoms with E-state index in [1.54, 1.807) is 24.3 Å². The zero-order valence-corrected chi connectivity index (χ0v) is 20.0. The molecule has 2 nitrogen and oxygen atoms in total. The molecule has 0 unspecified atom stereocenters. The van der Waals surface area contributed by atoms with Crippen molar-refractivity contribution in [3.63, 3.8) is 0 Å². The minimum absolute atomic E-state index is 0.0708. The number of hydrogen-bond donors (Lipinski definition) is 0. The van der Waals surface area contributed by atoms with Crippen LogP contribution in [0, 0.1) is 30.3 Å². The third-order valence-corrected chi connectivity index (χ3v) is 6.73. The molecule has 0 bridgehead atoms. The number of ether oxygens (including phenoxy) is 2. The monoisotopic (exact) mass is 480 g/mol. The quantitative estimate of drug-likeness (QED) is 0.226. The summed E-state index contributed by atoms with van der Waals surface area (Å²) in [7, 11) is 0. The molecule has 0 spiro atoms. The van der Waals surface area contributed by atoms with Gasteiger partial charge in [0.25, 0.3) is 0 Å². The summed E-state index contributed by atoms with van der Waals surface area (Å²) < 4.78 is 55.3. The second-order valence-electron chi connectivity index (χ2n) is 9.24. The van der Waals surface area contributed by atoms with Crippen molar-refractivity contribution in [2.75, 3.05) is 13.2 Å². The lowest BCUT2D eigenvalue weighted by molar-refractivity contribution is 0.192. The van der Waals surface area contributed by atoms with Crippen LogP contribution in [0.3, 0.4) is 0 Å². The average molecular weight is 481 g/mol. The Morgan fingerprint density at radius 2 is 1.63 bits per heavy atom. The Morgan fingerprint density at radius 1 is 0.886 bits per heavy atom. The molecule has 4 rings (SSSR count). The van der Waals surface area contributed by atoms with Crippen molar-refractivity contribution in [2.45, 2.75) is 44.9 Å². The van der Waals surface area contributed by atoms with Gasteiger partial charge in [0.15, 0.2) is 11.6 Å². The molecule has 0 N–H and O–H groups in total. The number of hydrogen-bond acceptors (Lipinski definition) is 2. The maximum absolute atomic E-state index is 14.7. The van der Waals surface area contributed by atoms with Gasteiger partial charge in [-0.3, -0.25) is 0 Å². The van der Waals surface area contributed by atoms with E-state index in [4.69, 9.17) is 9.47 Å². The Hall–Kier alpha value is -3.21. The summed E-state index contributed by atoms with van der Waals surface area (Å²) in [6.45, 7) is 6.38. The van der Waals surface area contributed by atoms with E-state index in [9.17, 15) is 13.2 Å². The van der Waals surface area contributed by atoms with Gasteiger partial charge in [0, 0.05) is 11.6 Å². The van der Waals surface area contributed by atoms with Crippen LogP contribution < -0.4 is 9.47 Å². The van der Waals surface area contributed by atoms with Gasteiger partial charge >= 0.3 is 0 Å². The van der Waals surface area contributed by atoms with Crippen LogP contribution in [0.5, 0.6) is 11.5 Å². The highest BCUT2D eigenvalue weighted by atomic mass is 19.2. The molecule has 184 valence electrons. The zero-order chi connectivity index (χ0) is 24.8. The van der Waals surface area contributed by atoms with E-state index >= 15 is 0 Å². The first-order chi connectivity index (χ1) is 17.0. The lowest BCUT2D eigenvalue weighted by atomic mass is 9.79. The van der Waals surface area contributed by atoms with E-state index in [-0.39, 0.29) is 29.0 Å². The highest BCUT2D eigenvalue weighted by molar-refractivity contribution is 5.65. The minimum atomic E-state index is -0.964. The molecule has 1 saturated carbocycles. The third kappa shape index (κ3) is 6.08. The van der Waals surface area contributed by atoms with Gasteiger partial charge in [0.05, 0.1) is 13.2 Å². The predicted molar refractivity (Wildman–Crippen MR) is 133 cm³/mol. The van der Waals surface area contributed by atoms with E-state index in [0.717, 1.165) is 31.2 Å². The molecule has 0 amide bonds. The maximum atomic E-state index is 14.7. The summed E-state index contributed by atoms with van der Waals surface area (Å²) in [5.41, 5.74) is 2.60. The van der Waals surface area contributed by atoms with Gasteiger partial charge in [-0.25, -0.2) is 8.78 Å². The summed E-state index contributed by atoms with van der Waals surface area (Å²) in [6.07, 6.45) is 5.80. The van der Waals surface area contributed by atoms with Crippen molar-refractivity contribution in [1.29, 1.82) is 0 Å². The molecule has 0 radical (unpaired) electrons. The van der Waals surface area contributed by atoms with Crippen LogP contribution >= 0.6 is 0 Å². The zero-order valence-electron chi connectivity index (χ0n) is 20.0. The third-order valence-electron chi connectivity index (χ3n) is 6.73. The fourth-order valence-electron chi connectivity index (χ4n) is 4.64. The summed E-state index contributed by atoms with van der Waals surface area (Å²) >= 11 is 0. The lowest BCUT2D eigenvalue weighted by Crippen LogP contribution is -2.20. The predicted octanol–water partition coefficient (Wildman–Crippen LogP) is 8.39. The molecule has 1 aliphatic carbocycles. The fraction of sp³-hybridized carbons (Fsp3) is 0.333. The molecule has 1 aliphatic rings. The van der Waals surface area contributed by atoms with Crippen molar-refractivity contribution in [3.05, 3.63) is 95.8 Å².